The lowest BCUT2D eigenvalue weighted by Gasteiger charge is -2.11. The summed E-state index contributed by atoms with van der Waals surface area (Å²) >= 11 is 0. The number of nitrogens with zero attached hydrogens (tertiary/aromatic N) is 2. The summed E-state index contributed by atoms with van der Waals surface area (Å²) in [4.78, 5) is 14.3. The van der Waals surface area contributed by atoms with E-state index in [1.165, 1.54) is 0 Å². The molecule has 1 amide bonds. The molecule has 130 valence electrons. The number of amides is 1. The topological polar surface area (TPSA) is 67.6 Å². The van der Waals surface area contributed by atoms with Crippen molar-refractivity contribution >= 4 is 5.91 Å². The Bertz CT molecular complexity index is 687. The number of ether oxygens (including phenoxy) is 1. The van der Waals surface area contributed by atoms with E-state index in [1.54, 1.807) is 6.92 Å². The highest BCUT2D eigenvalue weighted by Crippen LogP contribution is 2.20. The fraction of sp³-hybridized carbons (Fsp3) is 0.444. The van der Waals surface area contributed by atoms with E-state index >= 15 is 0 Å². The smallest absolute Gasteiger partial charge is 0.273 e. The van der Waals surface area contributed by atoms with Crippen molar-refractivity contribution < 1.29 is 14.1 Å². The molecule has 1 aromatic carbocycles. The van der Waals surface area contributed by atoms with Crippen LogP contribution in [0.5, 0.6) is 5.75 Å². The van der Waals surface area contributed by atoms with Gasteiger partial charge in [-0.1, -0.05) is 11.2 Å². The van der Waals surface area contributed by atoms with Crippen molar-refractivity contribution in [3.63, 3.8) is 0 Å². The number of rotatable bonds is 7. The Kier molecular flexibility index (Phi) is 5.98. The van der Waals surface area contributed by atoms with Crippen LogP contribution in [0.3, 0.4) is 0 Å². The van der Waals surface area contributed by atoms with Gasteiger partial charge in [-0.25, -0.2) is 0 Å². The molecule has 1 aromatic heterocycles. The fourth-order valence-electron chi connectivity index (χ4n) is 2.39. The molecule has 0 aliphatic rings. The summed E-state index contributed by atoms with van der Waals surface area (Å²) in [7, 11) is 3.91. The molecule has 0 aliphatic heterocycles. The van der Waals surface area contributed by atoms with Crippen LogP contribution in [0.2, 0.25) is 0 Å². The van der Waals surface area contributed by atoms with Gasteiger partial charge in [0, 0.05) is 13.1 Å². The third-order valence-electron chi connectivity index (χ3n) is 3.62. The van der Waals surface area contributed by atoms with Crippen LogP contribution in [0, 0.1) is 20.8 Å². The fourth-order valence-corrected chi connectivity index (χ4v) is 2.39. The normalized spacial score (nSPS) is 10.9. The van der Waals surface area contributed by atoms with E-state index < -0.39 is 0 Å². The Morgan fingerprint density at radius 3 is 2.50 bits per heavy atom. The number of likely N-dealkylation sites (N-methyl/N-ethyl adjacent to an activating group) is 1. The highest BCUT2D eigenvalue weighted by molar-refractivity contribution is 5.93. The van der Waals surface area contributed by atoms with Crippen molar-refractivity contribution in [2.45, 2.75) is 27.4 Å². The maximum absolute atomic E-state index is 12.3. The zero-order valence-electron chi connectivity index (χ0n) is 15.0. The van der Waals surface area contributed by atoms with Crippen molar-refractivity contribution in [3.05, 3.63) is 46.3 Å². The van der Waals surface area contributed by atoms with Gasteiger partial charge >= 0.3 is 0 Å². The summed E-state index contributed by atoms with van der Waals surface area (Å²) in [5.74, 6) is 1.12. The van der Waals surface area contributed by atoms with Crippen LogP contribution in [-0.4, -0.2) is 43.1 Å². The maximum atomic E-state index is 12.3. The first-order chi connectivity index (χ1) is 11.4. The molecule has 2 aromatic rings. The summed E-state index contributed by atoms with van der Waals surface area (Å²) in [6, 6.07) is 6.01. The molecule has 0 saturated heterocycles. The summed E-state index contributed by atoms with van der Waals surface area (Å²) in [5.41, 5.74) is 3.23. The molecule has 6 heteroatoms. The van der Waals surface area contributed by atoms with E-state index in [2.05, 4.69) is 16.5 Å². The Morgan fingerprint density at radius 2 is 1.88 bits per heavy atom. The van der Waals surface area contributed by atoms with E-state index in [9.17, 15) is 4.79 Å². The molecule has 0 spiro atoms. The Hall–Kier alpha value is -2.34. The van der Waals surface area contributed by atoms with Crippen LogP contribution in [0.1, 0.15) is 32.9 Å². The molecule has 0 saturated carbocycles. The lowest BCUT2D eigenvalue weighted by molar-refractivity contribution is 0.0940. The number of aryl methyl sites for hydroxylation is 3. The minimum atomic E-state index is -0.243. The van der Waals surface area contributed by atoms with Gasteiger partial charge in [0.05, 0.1) is 5.56 Å². The number of aromatic nitrogens is 1. The molecule has 0 atom stereocenters. The average Bonchev–Trinajstić information content (AvgIpc) is 2.84. The Labute approximate surface area is 142 Å². The number of benzene rings is 1. The molecule has 1 heterocycles. The molecular weight excluding hydrogens is 306 g/mol. The first-order valence-electron chi connectivity index (χ1n) is 7.96. The number of nitrogens with one attached hydrogen (secondary N) is 1. The van der Waals surface area contributed by atoms with Gasteiger partial charge in [-0.05, 0) is 58.1 Å². The summed E-state index contributed by atoms with van der Waals surface area (Å²) in [5, 5.41) is 6.72. The van der Waals surface area contributed by atoms with Gasteiger partial charge in [0.25, 0.3) is 5.91 Å². The monoisotopic (exact) mass is 331 g/mol. The Morgan fingerprint density at radius 1 is 1.21 bits per heavy atom. The third-order valence-corrected chi connectivity index (χ3v) is 3.62. The summed E-state index contributed by atoms with van der Waals surface area (Å²) in [6.45, 7) is 7.38. The molecule has 0 radical (unpaired) electrons. The summed E-state index contributed by atoms with van der Waals surface area (Å²) in [6.07, 6.45) is 0. The number of hydrogen-bond donors (Lipinski definition) is 1. The molecule has 24 heavy (non-hydrogen) atoms. The molecular formula is C18H25N3O3. The van der Waals surface area contributed by atoms with Gasteiger partial charge in [0.15, 0.2) is 5.69 Å². The van der Waals surface area contributed by atoms with Gasteiger partial charge in [0.1, 0.15) is 18.1 Å². The second-order valence-electron chi connectivity index (χ2n) is 6.24. The summed E-state index contributed by atoms with van der Waals surface area (Å²) < 4.78 is 11.0. The van der Waals surface area contributed by atoms with E-state index in [4.69, 9.17) is 9.26 Å². The second-order valence-corrected chi connectivity index (χ2v) is 6.24. The molecule has 0 bridgehead atoms. The van der Waals surface area contributed by atoms with Gasteiger partial charge in [-0.3, -0.25) is 4.79 Å². The van der Waals surface area contributed by atoms with Crippen LogP contribution in [-0.2, 0) is 6.61 Å². The third kappa shape index (κ3) is 4.83. The van der Waals surface area contributed by atoms with Crippen LogP contribution in [0.25, 0.3) is 0 Å². The molecule has 2 rings (SSSR count). The number of hydrogen-bond acceptors (Lipinski definition) is 5. The van der Waals surface area contributed by atoms with Crippen molar-refractivity contribution in [3.8, 4) is 5.75 Å². The lowest BCUT2D eigenvalue weighted by Crippen LogP contribution is -2.32. The molecule has 0 fully saturated rings. The van der Waals surface area contributed by atoms with Gasteiger partial charge in [-0.15, -0.1) is 0 Å². The first kappa shape index (κ1) is 18.0. The second kappa shape index (κ2) is 7.97. The van der Waals surface area contributed by atoms with E-state index in [0.29, 0.717) is 17.9 Å². The van der Waals surface area contributed by atoms with Gasteiger partial charge in [0.2, 0.25) is 0 Å². The minimum absolute atomic E-state index is 0.243. The zero-order valence-corrected chi connectivity index (χ0v) is 15.0. The minimum Gasteiger partial charge on any atom is -0.489 e. The highest BCUT2D eigenvalue weighted by Gasteiger charge is 2.20. The molecule has 1 N–H and O–H groups in total. The van der Waals surface area contributed by atoms with Crippen molar-refractivity contribution in [1.29, 1.82) is 0 Å². The van der Waals surface area contributed by atoms with Crippen LogP contribution >= 0.6 is 0 Å². The van der Waals surface area contributed by atoms with Crippen molar-refractivity contribution in [2.24, 2.45) is 0 Å². The first-order valence-corrected chi connectivity index (χ1v) is 7.96. The number of carbonyl (C=O) groups is 1. The van der Waals surface area contributed by atoms with Crippen LogP contribution < -0.4 is 10.1 Å². The zero-order chi connectivity index (χ0) is 17.7. The maximum Gasteiger partial charge on any atom is 0.273 e. The van der Waals surface area contributed by atoms with Crippen LogP contribution in [0.4, 0.5) is 0 Å². The lowest BCUT2D eigenvalue weighted by atomic mass is 10.1. The highest BCUT2D eigenvalue weighted by atomic mass is 16.5. The predicted octanol–water partition coefficient (Wildman–Crippen LogP) is 2.47. The average molecular weight is 331 g/mol. The molecule has 6 nitrogen and oxygen atoms in total. The quantitative estimate of drug-likeness (QED) is 0.844. The van der Waals surface area contributed by atoms with Crippen molar-refractivity contribution in [2.75, 3.05) is 27.2 Å². The van der Waals surface area contributed by atoms with E-state index in [1.807, 2.05) is 45.0 Å². The standard InChI is InChI=1S/C18H25N3O3/c1-12-8-13(2)10-15(9-12)23-11-16-14(3)24-20-17(16)18(22)19-6-7-21(4)5/h8-10H,6-7,11H2,1-5H3,(H,19,22). The SMILES string of the molecule is Cc1cc(C)cc(OCc2c(C(=O)NCCN(C)C)noc2C)c1. The molecule has 0 unspecified atom stereocenters. The van der Waals surface area contributed by atoms with E-state index in [-0.39, 0.29) is 18.2 Å². The van der Waals surface area contributed by atoms with Crippen molar-refractivity contribution in [1.82, 2.24) is 15.4 Å². The molecule has 0 aliphatic carbocycles. The van der Waals surface area contributed by atoms with Crippen LogP contribution in [0.15, 0.2) is 22.7 Å². The van der Waals surface area contributed by atoms with Gasteiger partial charge < -0.3 is 19.5 Å². The van der Waals surface area contributed by atoms with Gasteiger partial charge in [-0.2, -0.15) is 0 Å². The largest absolute Gasteiger partial charge is 0.489 e. The van der Waals surface area contributed by atoms with E-state index in [0.717, 1.165) is 23.4 Å². The number of carbonyl (C=O) groups excluding carboxylic acids is 1. The predicted molar refractivity (Wildman–Crippen MR) is 92.4 cm³/mol. The Balaban J connectivity index is 2.05.